The summed E-state index contributed by atoms with van der Waals surface area (Å²) < 4.78 is 35.5. The van der Waals surface area contributed by atoms with Gasteiger partial charge in [-0.1, -0.05) is 13.8 Å². The van der Waals surface area contributed by atoms with Gasteiger partial charge in [-0.05, 0) is 31.0 Å². The molecule has 0 aromatic rings. The molecule has 1 atom stereocenters. The Hall–Kier alpha value is -0.430. The summed E-state index contributed by atoms with van der Waals surface area (Å²) in [6, 6.07) is -0.467. The molecular formula is C11H21F3N2OS. The third-order valence-electron chi connectivity index (χ3n) is 2.23. The highest BCUT2D eigenvalue weighted by Crippen LogP contribution is 2.29. The van der Waals surface area contributed by atoms with Crippen LogP contribution in [0, 0.1) is 5.92 Å². The van der Waals surface area contributed by atoms with Crippen LogP contribution in [-0.2, 0) is 4.79 Å². The van der Waals surface area contributed by atoms with Gasteiger partial charge in [0.15, 0.2) is 0 Å². The maximum absolute atomic E-state index is 11.8. The molecule has 0 bridgehead atoms. The van der Waals surface area contributed by atoms with Crippen LogP contribution < -0.4 is 10.6 Å². The van der Waals surface area contributed by atoms with Gasteiger partial charge < -0.3 is 10.6 Å². The number of hydrogen-bond donors (Lipinski definition) is 2. The number of nitrogens with one attached hydrogen (secondary N) is 2. The van der Waals surface area contributed by atoms with Gasteiger partial charge >= 0.3 is 5.51 Å². The fourth-order valence-electron chi connectivity index (χ4n) is 1.17. The van der Waals surface area contributed by atoms with E-state index < -0.39 is 11.6 Å². The summed E-state index contributed by atoms with van der Waals surface area (Å²) in [5, 5.41) is 5.50. The minimum atomic E-state index is -4.20. The van der Waals surface area contributed by atoms with E-state index in [-0.39, 0.29) is 30.0 Å². The molecule has 0 saturated heterocycles. The first-order chi connectivity index (χ1) is 8.22. The highest BCUT2D eigenvalue weighted by atomic mass is 32.2. The normalized spacial score (nSPS) is 13.7. The van der Waals surface area contributed by atoms with E-state index in [0.29, 0.717) is 12.5 Å². The molecule has 18 heavy (non-hydrogen) atoms. The van der Waals surface area contributed by atoms with Crippen LogP contribution in [0.25, 0.3) is 0 Å². The summed E-state index contributed by atoms with van der Waals surface area (Å²) in [7, 11) is 0. The average Bonchev–Trinajstić information content (AvgIpc) is 2.22. The second-order valence-corrected chi connectivity index (χ2v) is 5.60. The van der Waals surface area contributed by atoms with Crippen molar-refractivity contribution in [2.24, 2.45) is 5.92 Å². The lowest BCUT2D eigenvalue weighted by molar-refractivity contribution is -0.122. The zero-order chi connectivity index (χ0) is 14.2. The summed E-state index contributed by atoms with van der Waals surface area (Å²) >= 11 is -0.0852. The quantitative estimate of drug-likeness (QED) is 0.673. The molecule has 0 saturated carbocycles. The zero-order valence-corrected chi connectivity index (χ0v) is 11.8. The number of rotatable bonds is 8. The van der Waals surface area contributed by atoms with Crippen LogP contribution >= 0.6 is 11.8 Å². The summed E-state index contributed by atoms with van der Waals surface area (Å²) in [5.41, 5.74) is -4.20. The van der Waals surface area contributed by atoms with Gasteiger partial charge in [0, 0.05) is 18.8 Å². The summed E-state index contributed by atoms with van der Waals surface area (Å²) in [6.45, 7) is 6.51. The number of carbonyl (C=O) groups is 1. The maximum atomic E-state index is 11.8. The Balaban J connectivity index is 3.62. The molecule has 1 unspecified atom stereocenters. The van der Waals surface area contributed by atoms with E-state index in [4.69, 9.17) is 0 Å². The van der Waals surface area contributed by atoms with Crippen LogP contribution in [0.2, 0.25) is 0 Å². The Kier molecular flexibility index (Phi) is 8.43. The first kappa shape index (κ1) is 17.6. The molecule has 0 spiro atoms. The molecule has 0 aromatic heterocycles. The van der Waals surface area contributed by atoms with Crippen molar-refractivity contribution in [3.05, 3.63) is 0 Å². The Bertz CT molecular complexity index is 247. The number of amides is 1. The monoisotopic (exact) mass is 286 g/mol. The SMILES string of the molecule is CC(C)CCNC(=O)C(C)NCCSC(F)(F)F. The molecule has 1 amide bonds. The van der Waals surface area contributed by atoms with Crippen LogP contribution in [0.4, 0.5) is 13.2 Å². The van der Waals surface area contributed by atoms with Crippen molar-refractivity contribution in [3.63, 3.8) is 0 Å². The standard InChI is InChI=1S/C11H21F3N2OS/c1-8(2)4-5-16-10(17)9(3)15-6-7-18-11(12,13)14/h8-9,15H,4-7H2,1-3H3,(H,16,17). The number of alkyl halides is 3. The smallest absolute Gasteiger partial charge is 0.355 e. The van der Waals surface area contributed by atoms with E-state index in [1.807, 2.05) is 0 Å². The van der Waals surface area contributed by atoms with E-state index in [0.717, 1.165) is 6.42 Å². The lowest BCUT2D eigenvalue weighted by Crippen LogP contribution is -2.43. The maximum Gasteiger partial charge on any atom is 0.441 e. The van der Waals surface area contributed by atoms with E-state index in [2.05, 4.69) is 24.5 Å². The molecule has 0 aliphatic rings. The van der Waals surface area contributed by atoms with Crippen molar-refractivity contribution >= 4 is 17.7 Å². The molecule has 7 heteroatoms. The summed E-state index contributed by atoms with van der Waals surface area (Å²) in [6.07, 6.45) is 0.891. The topological polar surface area (TPSA) is 41.1 Å². The van der Waals surface area contributed by atoms with Crippen molar-refractivity contribution in [2.45, 2.75) is 38.7 Å². The van der Waals surface area contributed by atoms with Crippen LogP contribution in [0.5, 0.6) is 0 Å². The number of halogens is 3. The van der Waals surface area contributed by atoms with E-state index >= 15 is 0 Å². The Morgan fingerprint density at radius 3 is 2.33 bits per heavy atom. The first-order valence-corrected chi connectivity index (χ1v) is 6.92. The molecule has 0 aromatic carbocycles. The van der Waals surface area contributed by atoms with Crippen LogP contribution in [0.1, 0.15) is 27.2 Å². The fourth-order valence-corrected chi connectivity index (χ4v) is 1.62. The van der Waals surface area contributed by atoms with E-state index in [1.165, 1.54) is 0 Å². The Morgan fingerprint density at radius 2 is 1.83 bits per heavy atom. The minimum Gasteiger partial charge on any atom is -0.355 e. The van der Waals surface area contributed by atoms with Crippen molar-refractivity contribution < 1.29 is 18.0 Å². The van der Waals surface area contributed by atoms with Gasteiger partial charge in [0.05, 0.1) is 6.04 Å². The molecular weight excluding hydrogens is 265 g/mol. The van der Waals surface area contributed by atoms with Gasteiger partial charge in [-0.2, -0.15) is 13.2 Å². The van der Waals surface area contributed by atoms with Crippen molar-refractivity contribution in [2.75, 3.05) is 18.8 Å². The molecule has 108 valence electrons. The number of carbonyl (C=O) groups excluding carboxylic acids is 1. The zero-order valence-electron chi connectivity index (χ0n) is 10.9. The Morgan fingerprint density at radius 1 is 1.22 bits per heavy atom. The summed E-state index contributed by atoms with van der Waals surface area (Å²) in [4.78, 5) is 11.5. The molecule has 0 fully saturated rings. The van der Waals surface area contributed by atoms with Gasteiger partial charge in [0.2, 0.25) is 5.91 Å². The van der Waals surface area contributed by atoms with Gasteiger partial charge in [-0.15, -0.1) is 0 Å². The van der Waals surface area contributed by atoms with Gasteiger partial charge in [-0.3, -0.25) is 4.79 Å². The predicted octanol–water partition coefficient (Wildman–Crippen LogP) is 2.38. The molecule has 0 heterocycles. The minimum absolute atomic E-state index is 0.0852. The number of thioether (sulfide) groups is 1. The second-order valence-electron chi connectivity index (χ2n) is 4.44. The summed E-state index contributed by atoms with van der Waals surface area (Å²) in [5.74, 6) is 0.247. The van der Waals surface area contributed by atoms with E-state index in [1.54, 1.807) is 6.92 Å². The molecule has 0 radical (unpaired) electrons. The van der Waals surface area contributed by atoms with Crippen LogP contribution in [0.3, 0.4) is 0 Å². The van der Waals surface area contributed by atoms with Crippen molar-refractivity contribution in [3.8, 4) is 0 Å². The molecule has 0 rings (SSSR count). The fraction of sp³-hybridized carbons (Fsp3) is 0.909. The lowest BCUT2D eigenvalue weighted by atomic mass is 10.1. The lowest BCUT2D eigenvalue weighted by Gasteiger charge is -2.14. The second kappa shape index (κ2) is 8.63. The highest BCUT2D eigenvalue weighted by molar-refractivity contribution is 8.00. The van der Waals surface area contributed by atoms with Crippen molar-refractivity contribution in [1.29, 1.82) is 0 Å². The molecule has 0 aliphatic heterocycles. The van der Waals surface area contributed by atoms with Gasteiger partial charge in [0.25, 0.3) is 0 Å². The predicted molar refractivity (Wildman–Crippen MR) is 68.4 cm³/mol. The Labute approximate surface area is 110 Å². The first-order valence-electron chi connectivity index (χ1n) is 5.94. The largest absolute Gasteiger partial charge is 0.441 e. The van der Waals surface area contributed by atoms with Crippen LogP contribution in [-0.4, -0.2) is 36.3 Å². The molecule has 2 N–H and O–H groups in total. The van der Waals surface area contributed by atoms with Crippen molar-refractivity contribution in [1.82, 2.24) is 10.6 Å². The van der Waals surface area contributed by atoms with Crippen LogP contribution in [0.15, 0.2) is 0 Å². The highest BCUT2D eigenvalue weighted by Gasteiger charge is 2.27. The third-order valence-corrected chi connectivity index (χ3v) is 2.97. The van der Waals surface area contributed by atoms with E-state index in [9.17, 15) is 18.0 Å². The third kappa shape index (κ3) is 10.7. The number of hydrogen-bond acceptors (Lipinski definition) is 3. The molecule has 3 nitrogen and oxygen atoms in total. The van der Waals surface area contributed by atoms with Gasteiger partial charge in [0.1, 0.15) is 0 Å². The molecule has 0 aliphatic carbocycles. The average molecular weight is 286 g/mol. The van der Waals surface area contributed by atoms with Gasteiger partial charge in [-0.25, -0.2) is 0 Å².